The summed E-state index contributed by atoms with van der Waals surface area (Å²) in [7, 11) is 0. The molecule has 0 aliphatic heterocycles. The highest BCUT2D eigenvalue weighted by atomic mass is 16.5. The first-order chi connectivity index (χ1) is 10.4. The predicted octanol–water partition coefficient (Wildman–Crippen LogP) is 5.07. The summed E-state index contributed by atoms with van der Waals surface area (Å²) < 4.78 is 4.89. The largest absolute Gasteiger partial charge is 0.458 e. The van der Waals surface area contributed by atoms with Crippen LogP contribution in [0, 0.1) is 11.3 Å². The number of ketones is 1. The zero-order valence-corrected chi connectivity index (χ0v) is 14.8. The van der Waals surface area contributed by atoms with Crippen molar-refractivity contribution in [3.63, 3.8) is 0 Å². The molecule has 1 saturated carbocycles. The first-order valence-electron chi connectivity index (χ1n) is 9.07. The summed E-state index contributed by atoms with van der Waals surface area (Å²) >= 11 is 0. The lowest BCUT2D eigenvalue weighted by Crippen LogP contribution is -2.21. The van der Waals surface area contributed by atoms with E-state index in [2.05, 4.69) is 13.8 Å². The van der Waals surface area contributed by atoms with Gasteiger partial charge in [0, 0.05) is 12.8 Å². The van der Waals surface area contributed by atoms with Gasteiger partial charge in [-0.25, -0.2) is 0 Å². The van der Waals surface area contributed by atoms with Crippen molar-refractivity contribution in [3.8, 4) is 0 Å². The third kappa shape index (κ3) is 8.55. The first-order valence-corrected chi connectivity index (χ1v) is 9.07. The van der Waals surface area contributed by atoms with E-state index in [1.54, 1.807) is 0 Å². The van der Waals surface area contributed by atoms with Crippen LogP contribution in [0.25, 0.3) is 0 Å². The summed E-state index contributed by atoms with van der Waals surface area (Å²) in [6.07, 6.45) is 13.1. The number of ether oxygens (including phenoxy) is 1. The summed E-state index contributed by atoms with van der Waals surface area (Å²) in [4.78, 5) is 23.1. The molecule has 0 radical (unpaired) electrons. The van der Waals surface area contributed by atoms with E-state index >= 15 is 0 Å². The Labute approximate surface area is 136 Å². The van der Waals surface area contributed by atoms with Gasteiger partial charge >= 0.3 is 5.97 Å². The monoisotopic (exact) mass is 310 g/mol. The topological polar surface area (TPSA) is 43.4 Å². The molecule has 1 unspecified atom stereocenters. The molecule has 0 amide bonds. The van der Waals surface area contributed by atoms with Gasteiger partial charge in [-0.05, 0) is 31.1 Å². The Balaban J connectivity index is 2.50. The van der Waals surface area contributed by atoms with Crippen molar-refractivity contribution < 1.29 is 14.3 Å². The Bertz CT molecular complexity index is 347. The normalized spacial score (nSPS) is 24.4. The third-order valence-corrected chi connectivity index (χ3v) is 4.94. The lowest BCUT2D eigenvalue weighted by Gasteiger charge is -2.24. The smallest absolute Gasteiger partial charge is 0.303 e. The van der Waals surface area contributed by atoms with E-state index in [9.17, 15) is 9.59 Å². The molecule has 22 heavy (non-hydrogen) atoms. The minimum absolute atomic E-state index is 0.0362. The zero-order chi connectivity index (χ0) is 16.4. The van der Waals surface area contributed by atoms with E-state index in [1.165, 1.54) is 51.9 Å². The summed E-state index contributed by atoms with van der Waals surface area (Å²) in [6.45, 7) is 6.07. The van der Waals surface area contributed by atoms with Crippen LogP contribution >= 0.6 is 0 Å². The molecule has 1 fully saturated rings. The molecule has 3 heteroatoms. The van der Waals surface area contributed by atoms with Gasteiger partial charge in [0.05, 0.1) is 0 Å². The minimum Gasteiger partial charge on any atom is -0.458 e. The van der Waals surface area contributed by atoms with Crippen LogP contribution in [0.4, 0.5) is 0 Å². The molecule has 0 aromatic heterocycles. The van der Waals surface area contributed by atoms with Crippen LogP contribution in [-0.2, 0) is 14.3 Å². The van der Waals surface area contributed by atoms with Crippen molar-refractivity contribution in [1.82, 2.24) is 0 Å². The van der Waals surface area contributed by atoms with Crippen molar-refractivity contribution in [3.05, 3.63) is 0 Å². The molecule has 1 aliphatic rings. The average molecular weight is 310 g/mol. The van der Waals surface area contributed by atoms with Gasteiger partial charge < -0.3 is 4.74 Å². The summed E-state index contributed by atoms with van der Waals surface area (Å²) in [5.74, 6) is -0.160. The van der Waals surface area contributed by atoms with Gasteiger partial charge in [-0.15, -0.1) is 0 Å². The van der Waals surface area contributed by atoms with Crippen LogP contribution in [0.3, 0.4) is 0 Å². The van der Waals surface area contributed by atoms with Gasteiger partial charge in [-0.3, -0.25) is 9.59 Å². The molecule has 128 valence electrons. The summed E-state index contributed by atoms with van der Waals surface area (Å²) in [5, 5.41) is 0. The van der Waals surface area contributed by atoms with E-state index in [1.807, 2.05) is 0 Å². The first kappa shape index (κ1) is 19.2. The van der Waals surface area contributed by atoms with Crippen LogP contribution in [0.15, 0.2) is 0 Å². The fraction of sp³-hybridized carbons (Fsp3) is 0.895. The molecule has 0 aromatic rings. The van der Waals surface area contributed by atoms with Crippen molar-refractivity contribution in [2.75, 3.05) is 6.61 Å². The second-order valence-corrected chi connectivity index (χ2v) is 7.66. The second kappa shape index (κ2) is 10.0. The molecule has 1 rings (SSSR count). The number of rotatable bonds is 3. The zero-order valence-electron chi connectivity index (χ0n) is 14.8. The quantitative estimate of drug-likeness (QED) is 0.684. The predicted molar refractivity (Wildman–Crippen MR) is 89.7 cm³/mol. The van der Waals surface area contributed by atoms with Gasteiger partial charge in [-0.2, -0.15) is 0 Å². The van der Waals surface area contributed by atoms with Crippen molar-refractivity contribution in [2.45, 2.75) is 91.4 Å². The Hall–Kier alpha value is -0.860. The molecule has 3 nitrogen and oxygen atoms in total. The van der Waals surface area contributed by atoms with E-state index in [0.29, 0.717) is 5.41 Å². The maximum absolute atomic E-state index is 12.2. The molecule has 1 aliphatic carbocycles. The third-order valence-electron chi connectivity index (χ3n) is 4.94. The van der Waals surface area contributed by atoms with Gasteiger partial charge in [0.15, 0.2) is 5.78 Å². The molecular weight excluding hydrogens is 276 g/mol. The van der Waals surface area contributed by atoms with E-state index in [4.69, 9.17) is 4.74 Å². The van der Waals surface area contributed by atoms with Crippen LogP contribution < -0.4 is 0 Å². The molecular formula is C19H34O3. The van der Waals surface area contributed by atoms with Gasteiger partial charge in [-0.1, -0.05) is 58.8 Å². The summed E-state index contributed by atoms with van der Waals surface area (Å²) in [6, 6.07) is 0. The highest BCUT2D eigenvalue weighted by Crippen LogP contribution is 2.31. The lowest BCUT2D eigenvalue weighted by atomic mass is 9.81. The van der Waals surface area contributed by atoms with Crippen LogP contribution in [0.5, 0.6) is 0 Å². The molecule has 0 spiro atoms. The number of hydrogen-bond acceptors (Lipinski definition) is 3. The Morgan fingerprint density at radius 3 is 2.05 bits per heavy atom. The Kier molecular flexibility index (Phi) is 8.74. The standard InChI is InChI=1S/C19H34O3/c1-16(20)22-15-18(21)17-11-7-5-4-6-9-13-19(2,3)14-10-8-12-17/h17H,4-15H2,1-3H3. The maximum Gasteiger partial charge on any atom is 0.303 e. The fourth-order valence-electron chi connectivity index (χ4n) is 3.40. The molecule has 0 N–H and O–H groups in total. The highest BCUT2D eigenvalue weighted by Gasteiger charge is 2.21. The van der Waals surface area contributed by atoms with E-state index < -0.39 is 0 Å². The van der Waals surface area contributed by atoms with E-state index in [-0.39, 0.29) is 24.3 Å². The summed E-state index contributed by atoms with van der Waals surface area (Å²) in [5.41, 5.74) is 0.436. The second-order valence-electron chi connectivity index (χ2n) is 7.66. The van der Waals surface area contributed by atoms with Gasteiger partial charge in [0.2, 0.25) is 0 Å². The number of hydrogen-bond donors (Lipinski definition) is 0. The SMILES string of the molecule is CC(=O)OCC(=O)C1CCCCCCCC(C)(C)CCCC1. The Morgan fingerprint density at radius 2 is 1.41 bits per heavy atom. The lowest BCUT2D eigenvalue weighted by molar-refractivity contribution is -0.147. The minimum atomic E-state index is -0.361. The van der Waals surface area contributed by atoms with Crippen LogP contribution in [0.2, 0.25) is 0 Å². The number of carbonyl (C=O) groups is 2. The Morgan fingerprint density at radius 1 is 0.909 bits per heavy atom. The molecule has 0 heterocycles. The molecule has 0 bridgehead atoms. The maximum atomic E-state index is 12.2. The highest BCUT2D eigenvalue weighted by molar-refractivity contribution is 5.84. The number of Topliss-reactive ketones (excluding diaryl/α,β-unsaturated/α-hetero) is 1. The fourth-order valence-corrected chi connectivity index (χ4v) is 3.40. The van der Waals surface area contributed by atoms with Crippen molar-refractivity contribution >= 4 is 11.8 Å². The van der Waals surface area contributed by atoms with Gasteiger partial charge in [0.1, 0.15) is 6.61 Å². The van der Waals surface area contributed by atoms with Crippen molar-refractivity contribution in [1.29, 1.82) is 0 Å². The average Bonchev–Trinajstić information content (AvgIpc) is 2.46. The molecule has 0 saturated heterocycles. The van der Waals surface area contributed by atoms with Crippen molar-refractivity contribution in [2.24, 2.45) is 11.3 Å². The van der Waals surface area contributed by atoms with Crippen LogP contribution in [-0.4, -0.2) is 18.4 Å². The molecule has 0 aromatic carbocycles. The number of esters is 1. The number of carbonyl (C=O) groups excluding carboxylic acids is 2. The molecule has 1 atom stereocenters. The van der Waals surface area contributed by atoms with Crippen LogP contribution in [0.1, 0.15) is 91.4 Å². The van der Waals surface area contributed by atoms with E-state index in [0.717, 1.165) is 25.7 Å². The van der Waals surface area contributed by atoms with Gasteiger partial charge in [0.25, 0.3) is 0 Å².